The predicted molar refractivity (Wildman–Crippen MR) is 50.8 cm³/mol. The average molecular weight is 237 g/mol. The van der Waals surface area contributed by atoms with Gasteiger partial charge < -0.3 is 4.84 Å². The van der Waals surface area contributed by atoms with Gasteiger partial charge in [-0.3, -0.25) is 0 Å². The van der Waals surface area contributed by atoms with E-state index in [2.05, 4.69) is 9.82 Å². The number of aryl methyl sites for hydroxylation is 1. The summed E-state index contributed by atoms with van der Waals surface area (Å²) in [6, 6.07) is 1.56. The molecule has 0 aromatic carbocycles. The monoisotopic (exact) mass is 236 g/mol. The number of rotatable bonds is 3. The van der Waals surface area contributed by atoms with Gasteiger partial charge >= 0.3 is 0 Å². The molecule has 7 heteroatoms. The van der Waals surface area contributed by atoms with Gasteiger partial charge in [-0.25, -0.2) is 4.98 Å². The highest BCUT2D eigenvalue weighted by Crippen LogP contribution is 2.24. The smallest absolute Gasteiger partial charge is 0.294 e. The fourth-order valence-corrected chi connectivity index (χ4v) is 1.51. The zero-order chi connectivity index (χ0) is 10.7. The molecule has 0 aliphatic rings. The highest BCUT2D eigenvalue weighted by Gasteiger charge is 2.10. The van der Waals surface area contributed by atoms with E-state index in [1.807, 2.05) is 0 Å². The van der Waals surface area contributed by atoms with Crippen molar-refractivity contribution < 1.29 is 9.92 Å². The van der Waals surface area contributed by atoms with Gasteiger partial charge in [0.25, 0.3) is 5.09 Å². The maximum Gasteiger partial charge on any atom is 0.294 e. The quantitative estimate of drug-likeness (QED) is 0.460. The van der Waals surface area contributed by atoms with Crippen molar-refractivity contribution in [2.45, 2.75) is 13.5 Å². The molecule has 0 aliphatic carbocycles. The normalized spacial score (nSPS) is 9.93. The molecule has 1 rings (SSSR count). The Bertz CT molecular complexity index is 347. The van der Waals surface area contributed by atoms with Crippen LogP contribution in [0.3, 0.4) is 0 Å². The van der Waals surface area contributed by atoms with E-state index >= 15 is 0 Å². The standard InChI is InChI=1S/C7H6Cl2N2O3/c1-4-2-6(8)5(7(9)10-4)3-14-11(12)13/h2H,3H2,1H3. The summed E-state index contributed by atoms with van der Waals surface area (Å²) in [5, 5.41) is 9.46. The third-order valence-corrected chi connectivity index (χ3v) is 2.11. The largest absolute Gasteiger partial charge is 0.309 e. The zero-order valence-electron chi connectivity index (χ0n) is 7.16. The average Bonchev–Trinajstić information content (AvgIpc) is 2.01. The summed E-state index contributed by atoms with van der Waals surface area (Å²) < 4.78 is 0. The lowest BCUT2D eigenvalue weighted by Gasteiger charge is -2.05. The van der Waals surface area contributed by atoms with Crippen molar-refractivity contribution >= 4 is 23.2 Å². The molecule has 0 spiro atoms. The Morgan fingerprint density at radius 3 is 2.79 bits per heavy atom. The lowest BCUT2D eigenvalue weighted by atomic mass is 10.2. The number of pyridine rings is 1. The van der Waals surface area contributed by atoms with Crippen molar-refractivity contribution in [3.8, 4) is 0 Å². The van der Waals surface area contributed by atoms with E-state index in [9.17, 15) is 10.1 Å². The van der Waals surface area contributed by atoms with E-state index in [-0.39, 0.29) is 11.8 Å². The van der Waals surface area contributed by atoms with Gasteiger partial charge in [-0.1, -0.05) is 23.2 Å². The summed E-state index contributed by atoms with van der Waals surface area (Å²) in [5.74, 6) is 0. The Balaban J connectivity index is 2.91. The first-order valence-corrected chi connectivity index (χ1v) is 4.35. The molecule has 5 nitrogen and oxygen atoms in total. The minimum Gasteiger partial charge on any atom is -0.309 e. The summed E-state index contributed by atoms with van der Waals surface area (Å²) in [6.07, 6.45) is 0. The fourth-order valence-electron chi connectivity index (χ4n) is 0.869. The van der Waals surface area contributed by atoms with Gasteiger partial charge in [-0.2, -0.15) is 0 Å². The third kappa shape index (κ3) is 2.71. The molecule has 14 heavy (non-hydrogen) atoms. The molecule has 0 N–H and O–H groups in total. The van der Waals surface area contributed by atoms with Crippen LogP contribution < -0.4 is 0 Å². The number of hydrogen-bond donors (Lipinski definition) is 0. The molecule has 0 unspecified atom stereocenters. The van der Waals surface area contributed by atoms with Crippen LogP contribution in [0.2, 0.25) is 10.2 Å². The van der Waals surface area contributed by atoms with Crippen LogP contribution in [0.4, 0.5) is 0 Å². The maximum atomic E-state index is 9.94. The van der Waals surface area contributed by atoms with Crippen molar-refractivity contribution in [3.63, 3.8) is 0 Å². The molecule has 0 atom stereocenters. The molecular formula is C7H6Cl2N2O3. The highest BCUT2D eigenvalue weighted by molar-refractivity contribution is 6.35. The van der Waals surface area contributed by atoms with Crippen molar-refractivity contribution in [1.29, 1.82) is 0 Å². The molecule has 0 amide bonds. The molecule has 0 fully saturated rings. The fraction of sp³-hybridized carbons (Fsp3) is 0.286. The first kappa shape index (κ1) is 11.0. The van der Waals surface area contributed by atoms with Gasteiger partial charge in [-0.15, -0.1) is 10.1 Å². The van der Waals surface area contributed by atoms with Gasteiger partial charge in [0.05, 0.1) is 5.02 Å². The Kier molecular flexibility index (Phi) is 3.49. The minimum atomic E-state index is -0.910. The molecule has 0 radical (unpaired) electrons. The second-order valence-electron chi connectivity index (χ2n) is 2.51. The van der Waals surface area contributed by atoms with Crippen molar-refractivity contribution in [2.24, 2.45) is 0 Å². The van der Waals surface area contributed by atoms with Crippen molar-refractivity contribution in [1.82, 2.24) is 4.98 Å². The Hall–Kier alpha value is -1.07. The lowest BCUT2D eigenvalue weighted by molar-refractivity contribution is -0.763. The molecule has 1 heterocycles. The summed E-state index contributed by atoms with van der Waals surface area (Å²) >= 11 is 11.5. The van der Waals surface area contributed by atoms with Gasteiger partial charge in [0.15, 0.2) is 0 Å². The van der Waals surface area contributed by atoms with Crippen LogP contribution in [-0.4, -0.2) is 10.1 Å². The first-order chi connectivity index (χ1) is 6.50. The molecule has 0 bridgehead atoms. The van der Waals surface area contributed by atoms with E-state index in [4.69, 9.17) is 23.2 Å². The first-order valence-electron chi connectivity index (χ1n) is 3.59. The van der Waals surface area contributed by atoms with Crippen molar-refractivity contribution in [3.05, 3.63) is 37.6 Å². The van der Waals surface area contributed by atoms with Gasteiger partial charge in [0.2, 0.25) is 0 Å². The maximum absolute atomic E-state index is 9.94. The summed E-state index contributed by atoms with van der Waals surface area (Å²) in [6.45, 7) is 1.42. The van der Waals surface area contributed by atoms with Crippen molar-refractivity contribution in [2.75, 3.05) is 0 Å². The SMILES string of the molecule is Cc1cc(Cl)c(CO[N+](=O)[O-])c(Cl)n1. The minimum absolute atomic E-state index is 0.122. The van der Waals surface area contributed by atoms with Crippen LogP contribution >= 0.6 is 23.2 Å². The van der Waals surface area contributed by atoms with Gasteiger partial charge in [-0.05, 0) is 13.0 Å². The Morgan fingerprint density at radius 1 is 1.64 bits per heavy atom. The van der Waals surface area contributed by atoms with E-state index in [0.717, 1.165) is 0 Å². The molecule has 1 aromatic rings. The summed E-state index contributed by atoms with van der Waals surface area (Å²) in [7, 11) is 0. The summed E-state index contributed by atoms with van der Waals surface area (Å²) in [4.78, 5) is 18.0. The van der Waals surface area contributed by atoms with E-state index in [1.54, 1.807) is 13.0 Å². The predicted octanol–water partition coefficient (Wildman–Crippen LogP) is 2.41. The highest BCUT2D eigenvalue weighted by atomic mass is 35.5. The molecule has 0 saturated heterocycles. The molecule has 1 aromatic heterocycles. The summed E-state index contributed by atoms with van der Waals surface area (Å²) in [5.41, 5.74) is 0.959. The van der Waals surface area contributed by atoms with Crippen LogP contribution in [-0.2, 0) is 11.4 Å². The van der Waals surface area contributed by atoms with Crippen LogP contribution in [0.25, 0.3) is 0 Å². The number of hydrogen-bond acceptors (Lipinski definition) is 4. The van der Waals surface area contributed by atoms with Crippen LogP contribution in [0.1, 0.15) is 11.3 Å². The van der Waals surface area contributed by atoms with Crippen LogP contribution in [0.15, 0.2) is 6.07 Å². The number of aromatic nitrogens is 1. The number of halogens is 2. The Morgan fingerprint density at radius 2 is 2.29 bits per heavy atom. The van der Waals surface area contributed by atoms with E-state index < -0.39 is 5.09 Å². The van der Waals surface area contributed by atoms with E-state index in [1.165, 1.54) is 0 Å². The molecular weight excluding hydrogens is 231 g/mol. The molecule has 0 aliphatic heterocycles. The van der Waals surface area contributed by atoms with Crippen LogP contribution in [0, 0.1) is 17.0 Å². The van der Waals surface area contributed by atoms with E-state index in [0.29, 0.717) is 16.3 Å². The number of nitrogens with zero attached hydrogens (tertiary/aromatic N) is 2. The van der Waals surface area contributed by atoms with Gasteiger partial charge in [0, 0.05) is 11.3 Å². The second kappa shape index (κ2) is 4.43. The topological polar surface area (TPSA) is 65.3 Å². The lowest BCUT2D eigenvalue weighted by Crippen LogP contribution is -2.02. The third-order valence-electron chi connectivity index (χ3n) is 1.46. The molecule has 0 saturated carbocycles. The van der Waals surface area contributed by atoms with Gasteiger partial charge in [0.1, 0.15) is 11.8 Å². The Labute approximate surface area is 89.7 Å². The molecule has 76 valence electrons. The second-order valence-corrected chi connectivity index (χ2v) is 3.28. The van der Waals surface area contributed by atoms with Crippen LogP contribution in [0.5, 0.6) is 0 Å². The zero-order valence-corrected chi connectivity index (χ0v) is 8.67.